The summed E-state index contributed by atoms with van der Waals surface area (Å²) in [4.78, 5) is 6.82. The van der Waals surface area contributed by atoms with E-state index in [1.165, 1.54) is 11.6 Å². The first-order chi connectivity index (χ1) is 15.9. The van der Waals surface area contributed by atoms with Crippen molar-refractivity contribution in [1.82, 2.24) is 14.9 Å². The Morgan fingerprint density at radius 3 is 2.42 bits per heavy atom. The van der Waals surface area contributed by atoms with Crippen molar-refractivity contribution in [3.63, 3.8) is 0 Å². The van der Waals surface area contributed by atoms with Gasteiger partial charge in [-0.05, 0) is 92.6 Å². The van der Waals surface area contributed by atoms with Crippen molar-refractivity contribution in [3.05, 3.63) is 113 Å². The van der Waals surface area contributed by atoms with Crippen LogP contribution < -0.4 is 10.2 Å². The predicted molar refractivity (Wildman–Crippen MR) is 134 cm³/mol. The minimum Gasteiger partial charge on any atom is -0.351 e. The average molecular weight is 457 g/mol. The van der Waals surface area contributed by atoms with Crippen molar-refractivity contribution in [3.8, 4) is 5.69 Å². The summed E-state index contributed by atoms with van der Waals surface area (Å²) in [7, 11) is 0. The number of anilines is 1. The summed E-state index contributed by atoms with van der Waals surface area (Å²) in [5.74, 6) is -0.252. The van der Waals surface area contributed by atoms with Crippen molar-refractivity contribution in [1.29, 1.82) is 0 Å². The smallest absolute Gasteiger partial charge is 0.174 e. The lowest BCUT2D eigenvalue weighted by molar-refractivity contribution is 0.565. The zero-order chi connectivity index (χ0) is 23.1. The number of aromatic nitrogens is 2. The molecule has 5 rings (SSSR count). The molecule has 2 atom stereocenters. The molecule has 1 aliphatic rings. The molecule has 1 saturated heterocycles. The maximum Gasteiger partial charge on any atom is 0.174 e. The molecular formula is C27H25FN4S. The van der Waals surface area contributed by atoms with Crippen LogP contribution in [-0.4, -0.2) is 14.7 Å². The Balaban J connectivity index is 1.69. The molecule has 1 fully saturated rings. The summed E-state index contributed by atoms with van der Waals surface area (Å²) < 4.78 is 16.1. The van der Waals surface area contributed by atoms with Crippen LogP contribution in [0, 0.1) is 26.6 Å². The van der Waals surface area contributed by atoms with Gasteiger partial charge in [0.2, 0.25) is 0 Å². The number of rotatable bonds is 4. The van der Waals surface area contributed by atoms with Crippen LogP contribution in [0.3, 0.4) is 0 Å². The first-order valence-electron chi connectivity index (χ1n) is 11.0. The van der Waals surface area contributed by atoms with Gasteiger partial charge in [0.1, 0.15) is 5.82 Å². The van der Waals surface area contributed by atoms with Crippen molar-refractivity contribution >= 4 is 23.0 Å². The Bertz CT molecular complexity index is 1330. The van der Waals surface area contributed by atoms with Gasteiger partial charge in [-0.3, -0.25) is 4.98 Å². The van der Waals surface area contributed by atoms with E-state index in [9.17, 15) is 4.39 Å². The van der Waals surface area contributed by atoms with E-state index >= 15 is 0 Å². The minimum absolute atomic E-state index is 0.109. The Morgan fingerprint density at radius 2 is 1.70 bits per heavy atom. The van der Waals surface area contributed by atoms with Crippen LogP contribution in [-0.2, 0) is 0 Å². The fourth-order valence-corrected chi connectivity index (χ4v) is 5.17. The quantitative estimate of drug-likeness (QED) is 0.376. The third kappa shape index (κ3) is 3.80. The molecule has 0 bridgehead atoms. The van der Waals surface area contributed by atoms with E-state index in [4.69, 9.17) is 12.2 Å². The number of nitrogens with one attached hydrogen (secondary N) is 1. The maximum atomic E-state index is 14.0. The summed E-state index contributed by atoms with van der Waals surface area (Å²) in [6.45, 7) is 6.21. The highest BCUT2D eigenvalue weighted by molar-refractivity contribution is 7.80. The molecule has 166 valence electrons. The van der Waals surface area contributed by atoms with Gasteiger partial charge in [0.25, 0.3) is 0 Å². The summed E-state index contributed by atoms with van der Waals surface area (Å²) in [5, 5.41) is 4.18. The number of aryl methyl sites for hydroxylation is 2. The molecule has 0 spiro atoms. The van der Waals surface area contributed by atoms with Gasteiger partial charge in [-0.25, -0.2) is 4.39 Å². The average Bonchev–Trinajstić information content (AvgIpc) is 3.29. The van der Waals surface area contributed by atoms with Crippen molar-refractivity contribution in [2.45, 2.75) is 32.9 Å². The van der Waals surface area contributed by atoms with Crippen LogP contribution in [0.15, 0.2) is 79.0 Å². The van der Waals surface area contributed by atoms with E-state index in [2.05, 4.69) is 70.9 Å². The predicted octanol–water partition coefficient (Wildman–Crippen LogP) is 6.11. The fraction of sp³-hybridized carbons (Fsp3) is 0.185. The van der Waals surface area contributed by atoms with E-state index in [1.807, 2.05) is 30.5 Å². The number of hydrogen-bond donors (Lipinski definition) is 1. The van der Waals surface area contributed by atoms with Gasteiger partial charge < -0.3 is 14.8 Å². The number of nitrogens with zero attached hydrogens (tertiary/aromatic N) is 3. The standard InChI is InChI=1S/C27H25FN4S/c1-17-8-6-10-21(14-17)32-26(25(30-27(32)33)24-12-4-5-13-29-24)23-15-18(2)31(19(23)3)22-11-7-9-20(28)16-22/h4-16,25-26H,1-3H3,(H,30,33)/t25-,26-/m1/s1. The lowest BCUT2D eigenvalue weighted by Crippen LogP contribution is -2.29. The van der Waals surface area contributed by atoms with Gasteiger partial charge in [0.15, 0.2) is 5.11 Å². The number of thiocarbonyl (C=S) groups is 1. The van der Waals surface area contributed by atoms with Crippen LogP contribution in [0.1, 0.15) is 40.3 Å². The lowest BCUT2D eigenvalue weighted by Gasteiger charge is -2.28. The third-order valence-electron chi connectivity index (χ3n) is 6.23. The van der Waals surface area contributed by atoms with E-state index in [0.717, 1.165) is 34.0 Å². The van der Waals surface area contributed by atoms with Crippen LogP contribution in [0.5, 0.6) is 0 Å². The van der Waals surface area contributed by atoms with Crippen molar-refractivity contribution in [2.24, 2.45) is 0 Å². The fourth-order valence-electron chi connectivity index (χ4n) is 4.83. The van der Waals surface area contributed by atoms with Crippen LogP contribution in [0.25, 0.3) is 5.69 Å². The highest BCUT2D eigenvalue weighted by Crippen LogP contribution is 2.43. The highest BCUT2D eigenvalue weighted by atomic mass is 32.1. The molecular weight excluding hydrogens is 431 g/mol. The summed E-state index contributed by atoms with van der Waals surface area (Å²) in [5.41, 5.74) is 7.15. The number of pyridine rings is 1. The van der Waals surface area contributed by atoms with E-state index in [1.54, 1.807) is 12.1 Å². The Hall–Kier alpha value is -3.51. The largest absolute Gasteiger partial charge is 0.351 e. The molecule has 4 nitrogen and oxygen atoms in total. The SMILES string of the molecule is Cc1cccc(N2C(=S)N[C@H](c3ccccn3)[C@H]2c2cc(C)n(-c3cccc(F)c3)c2C)c1. The summed E-state index contributed by atoms with van der Waals surface area (Å²) in [6, 6.07) is 22.9. The monoisotopic (exact) mass is 456 g/mol. The van der Waals surface area contributed by atoms with E-state index in [-0.39, 0.29) is 17.9 Å². The first-order valence-corrected chi connectivity index (χ1v) is 11.4. The minimum atomic E-state index is -0.252. The molecule has 4 aromatic rings. The molecule has 0 saturated carbocycles. The molecule has 2 aromatic heterocycles. The summed E-state index contributed by atoms with van der Waals surface area (Å²) >= 11 is 5.84. The first kappa shape index (κ1) is 21.3. The van der Waals surface area contributed by atoms with Gasteiger partial charge in [0, 0.05) is 29.0 Å². The molecule has 0 amide bonds. The molecule has 3 heterocycles. The normalized spacial score (nSPS) is 17.9. The molecule has 0 radical (unpaired) electrons. The van der Waals surface area contributed by atoms with E-state index < -0.39 is 0 Å². The Labute approximate surface area is 198 Å². The molecule has 0 aliphatic carbocycles. The molecule has 1 aliphatic heterocycles. The second-order valence-electron chi connectivity index (χ2n) is 8.48. The van der Waals surface area contributed by atoms with Crippen molar-refractivity contribution in [2.75, 3.05) is 4.90 Å². The van der Waals surface area contributed by atoms with Gasteiger partial charge in [-0.15, -0.1) is 0 Å². The second kappa shape index (κ2) is 8.45. The second-order valence-corrected chi connectivity index (χ2v) is 8.86. The zero-order valence-corrected chi connectivity index (χ0v) is 19.6. The van der Waals surface area contributed by atoms with Crippen LogP contribution >= 0.6 is 12.2 Å². The van der Waals surface area contributed by atoms with E-state index in [0.29, 0.717) is 5.11 Å². The number of hydrogen-bond acceptors (Lipinski definition) is 2. The van der Waals surface area contributed by atoms with Gasteiger partial charge in [0.05, 0.1) is 17.8 Å². The van der Waals surface area contributed by atoms with Crippen LogP contribution in [0.2, 0.25) is 0 Å². The Morgan fingerprint density at radius 1 is 0.909 bits per heavy atom. The molecule has 2 aromatic carbocycles. The molecule has 1 N–H and O–H groups in total. The third-order valence-corrected chi connectivity index (χ3v) is 6.55. The molecule has 0 unspecified atom stereocenters. The highest BCUT2D eigenvalue weighted by Gasteiger charge is 2.42. The number of halogens is 1. The van der Waals surface area contributed by atoms with Crippen molar-refractivity contribution < 1.29 is 4.39 Å². The van der Waals surface area contributed by atoms with Crippen LogP contribution in [0.4, 0.5) is 10.1 Å². The topological polar surface area (TPSA) is 33.1 Å². The molecule has 33 heavy (non-hydrogen) atoms. The van der Waals surface area contributed by atoms with Gasteiger partial charge >= 0.3 is 0 Å². The van der Waals surface area contributed by atoms with Gasteiger partial charge in [-0.1, -0.05) is 24.3 Å². The Kier molecular flexibility index (Phi) is 5.46. The molecule has 6 heteroatoms. The summed E-state index contributed by atoms with van der Waals surface area (Å²) in [6.07, 6.45) is 1.81. The van der Waals surface area contributed by atoms with Gasteiger partial charge in [-0.2, -0.15) is 0 Å². The maximum absolute atomic E-state index is 14.0. The number of benzene rings is 2. The zero-order valence-electron chi connectivity index (χ0n) is 18.8. The lowest BCUT2D eigenvalue weighted by atomic mass is 9.96.